The summed E-state index contributed by atoms with van der Waals surface area (Å²) in [5.41, 5.74) is 5.71. The molecule has 0 saturated carbocycles. The van der Waals surface area contributed by atoms with Gasteiger partial charge in [0.2, 0.25) is 0 Å². The summed E-state index contributed by atoms with van der Waals surface area (Å²) in [6.45, 7) is 1.91. The zero-order valence-electron chi connectivity index (χ0n) is 17.7. The van der Waals surface area contributed by atoms with Crippen molar-refractivity contribution in [1.29, 1.82) is 5.26 Å². The molecule has 6 heteroatoms. The van der Waals surface area contributed by atoms with Crippen LogP contribution in [0, 0.1) is 23.2 Å². The Hall–Kier alpha value is -3.69. The molecule has 0 aliphatic heterocycles. The fourth-order valence-electron chi connectivity index (χ4n) is 4.91. The number of allylic oxidation sites excluding steroid dienone is 2. The maximum Gasteiger partial charge on any atom is 0.176 e. The predicted molar refractivity (Wildman–Crippen MR) is 119 cm³/mol. The average molecular weight is 422 g/mol. The first-order valence-corrected chi connectivity index (χ1v) is 10.8. The van der Waals surface area contributed by atoms with Crippen LogP contribution >= 0.6 is 0 Å². The van der Waals surface area contributed by atoms with Crippen LogP contribution < -0.4 is 0 Å². The predicted octanol–water partition coefficient (Wildman–Crippen LogP) is 4.01. The van der Waals surface area contributed by atoms with Gasteiger partial charge in [0, 0.05) is 40.9 Å². The molecule has 3 atom stereocenters. The molecule has 3 aromatic rings. The number of nitrogens with zero attached hydrogens (tertiary/aromatic N) is 4. The van der Waals surface area contributed by atoms with Gasteiger partial charge in [-0.05, 0) is 36.5 Å². The van der Waals surface area contributed by atoms with E-state index in [0.717, 1.165) is 46.5 Å². The monoisotopic (exact) mass is 422 g/mol. The highest BCUT2D eigenvalue weighted by Crippen LogP contribution is 2.46. The van der Waals surface area contributed by atoms with Crippen molar-refractivity contribution >= 4 is 5.78 Å². The van der Waals surface area contributed by atoms with Crippen LogP contribution in [0.4, 0.5) is 0 Å². The van der Waals surface area contributed by atoms with E-state index >= 15 is 0 Å². The van der Waals surface area contributed by atoms with E-state index in [0.29, 0.717) is 5.82 Å². The Morgan fingerprint density at radius 3 is 2.53 bits per heavy atom. The maximum absolute atomic E-state index is 12.6. The minimum Gasteiger partial charge on any atom is -0.392 e. The summed E-state index contributed by atoms with van der Waals surface area (Å²) in [5.74, 6) is 0.349. The number of nitriles is 1. The second kappa shape index (κ2) is 8.10. The number of ketones is 1. The number of rotatable bonds is 3. The number of hydrogen-bond donors (Lipinski definition) is 1. The molecule has 0 radical (unpaired) electrons. The molecule has 6 nitrogen and oxygen atoms in total. The van der Waals surface area contributed by atoms with Crippen LogP contribution in [0.5, 0.6) is 0 Å². The number of hydrogen-bond acceptors (Lipinski definition) is 6. The number of fused-ring (bicyclic) bond motifs is 3. The fraction of sp³-hybridized carbons (Fsp3) is 0.269. The average Bonchev–Trinajstić information content (AvgIpc) is 2.85. The van der Waals surface area contributed by atoms with Gasteiger partial charge in [-0.15, -0.1) is 0 Å². The number of carbonyl (C=O) groups excluding carboxylic acids is 1. The lowest BCUT2D eigenvalue weighted by Crippen LogP contribution is -2.35. The van der Waals surface area contributed by atoms with E-state index < -0.39 is 0 Å². The summed E-state index contributed by atoms with van der Waals surface area (Å²) < 4.78 is 0. The standard InChI is InChI=1S/C26H22N4O2/c1-15-20-6-7-21-23(17-4-2-16(14-31)3-5-17)29-26(18-8-10-28-11-9-18)30-24(21)22(20)12-19(13-27)25(15)32/h2-5,8-12,15,20,22,31H,6-7,14H2,1H3. The minimum atomic E-state index is -0.209. The Bertz CT molecular complexity index is 1260. The first-order chi connectivity index (χ1) is 15.6. The van der Waals surface area contributed by atoms with E-state index in [9.17, 15) is 15.2 Å². The van der Waals surface area contributed by atoms with Gasteiger partial charge in [-0.2, -0.15) is 5.26 Å². The van der Waals surface area contributed by atoms with Gasteiger partial charge >= 0.3 is 0 Å². The zero-order valence-corrected chi connectivity index (χ0v) is 17.7. The number of benzene rings is 1. The molecule has 2 heterocycles. The van der Waals surface area contributed by atoms with Gasteiger partial charge in [0.15, 0.2) is 11.6 Å². The van der Waals surface area contributed by atoms with Crippen LogP contribution in [-0.4, -0.2) is 25.8 Å². The molecule has 2 aliphatic rings. The van der Waals surface area contributed by atoms with Crippen molar-refractivity contribution in [2.24, 2.45) is 11.8 Å². The largest absolute Gasteiger partial charge is 0.392 e. The van der Waals surface area contributed by atoms with Crippen LogP contribution in [0.2, 0.25) is 0 Å². The van der Waals surface area contributed by atoms with E-state index in [1.807, 2.05) is 49.4 Å². The summed E-state index contributed by atoms with van der Waals surface area (Å²) in [5, 5.41) is 18.9. The molecule has 1 N–H and O–H groups in total. The molecule has 0 saturated heterocycles. The molecule has 0 spiro atoms. The van der Waals surface area contributed by atoms with Gasteiger partial charge in [0.05, 0.1) is 23.6 Å². The van der Waals surface area contributed by atoms with E-state index in [1.165, 1.54) is 0 Å². The van der Waals surface area contributed by atoms with E-state index in [2.05, 4.69) is 11.1 Å². The van der Waals surface area contributed by atoms with Crippen molar-refractivity contribution in [3.8, 4) is 28.7 Å². The lowest BCUT2D eigenvalue weighted by atomic mass is 9.66. The second-order valence-corrected chi connectivity index (χ2v) is 8.42. The number of aliphatic hydroxyl groups is 1. The first kappa shape index (κ1) is 20.2. The topological polar surface area (TPSA) is 99.8 Å². The zero-order chi connectivity index (χ0) is 22.2. The molecule has 0 bridgehead atoms. The molecule has 3 unspecified atom stereocenters. The van der Waals surface area contributed by atoms with Crippen LogP contribution in [0.1, 0.15) is 36.1 Å². The van der Waals surface area contributed by atoms with Crippen molar-refractivity contribution in [3.63, 3.8) is 0 Å². The molecule has 32 heavy (non-hydrogen) atoms. The van der Waals surface area contributed by atoms with Crippen LogP contribution in [-0.2, 0) is 17.8 Å². The Morgan fingerprint density at radius 2 is 1.84 bits per heavy atom. The van der Waals surface area contributed by atoms with Gasteiger partial charge in [0.25, 0.3) is 0 Å². The van der Waals surface area contributed by atoms with Crippen molar-refractivity contribution < 1.29 is 9.90 Å². The highest BCUT2D eigenvalue weighted by Gasteiger charge is 2.42. The molecular weight excluding hydrogens is 400 g/mol. The maximum atomic E-state index is 12.6. The molecule has 158 valence electrons. The number of aliphatic hydroxyl groups excluding tert-OH is 1. The highest BCUT2D eigenvalue weighted by molar-refractivity contribution is 6.01. The minimum absolute atomic E-state index is 0.0121. The van der Waals surface area contributed by atoms with E-state index in [1.54, 1.807) is 12.4 Å². The molecule has 5 rings (SSSR count). The third-order valence-electron chi connectivity index (χ3n) is 6.68. The number of carbonyl (C=O) groups is 1. The Morgan fingerprint density at radius 1 is 1.09 bits per heavy atom. The van der Waals surface area contributed by atoms with Gasteiger partial charge in [0.1, 0.15) is 6.07 Å². The Balaban J connectivity index is 1.74. The van der Waals surface area contributed by atoms with Gasteiger partial charge in [-0.25, -0.2) is 9.97 Å². The van der Waals surface area contributed by atoms with Crippen LogP contribution in [0.15, 0.2) is 60.4 Å². The van der Waals surface area contributed by atoms with Crippen molar-refractivity contribution in [3.05, 3.63) is 77.3 Å². The van der Waals surface area contributed by atoms with Crippen LogP contribution in [0.25, 0.3) is 22.6 Å². The summed E-state index contributed by atoms with van der Waals surface area (Å²) in [6, 6.07) is 13.6. The first-order valence-electron chi connectivity index (χ1n) is 10.8. The number of pyridine rings is 1. The Kier molecular flexibility index (Phi) is 5.12. The number of aromatic nitrogens is 3. The van der Waals surface area contributed by atoms with Gasteiger partial charge < -0.3 is 5.11 Å². The highest BCUT2D eigenvalue weighted by atomic mass is 16.3. The number of Topliss-reactive ketones (excluding diaryl/α,β-unsaturated/α-hetero) is 1. The van der Waals surface area contributed by atoms with Gasteiger partial charge in [-0.1, -0.05) is 37.3 Å². The van der Waals surface area contributed by atoms with Crippen molar-refractivity contribution in [2.45, 2.75) is 32.3 Å². The third-order valence-corrected chi connectivity index (χ3v) is 6.68. The normalized spacial score (nSPS) is 21.8. The van der Waals surface area contributed by atoms with E-state index in [-0.39, 0.29) is 35.7 Å². The molecular formula is C26H22N4O2. The van der Waals surface area contributed by atoms with Gasteiger partial charge in [-0.3, -0.25) is 9.78 Å². The second-order valence-electron chi connectivity index (χ2n) is 8.42. The summed E-state index contributed by atoms with van der Waals surface area (Å²) in [6.07, 6.45) is 6.86. The lowest BCUT2D eigenvalue weighted by Gasteiger charge is -2.38. The quantitative estimate of drug-likeness (QED) is 0.684. The Labute approximate surface area is 186 Å². The van der Waals surface area contributed by atoms with Crippen molar-refractivity contribution in [2.75, 3.05) is 0 Å². The fourth-order valence-corrected chi connectivity index (χ4v) is 4.91. The lowest BCUT2D eigenvalue weighted by molar-refractivity contribution is -0.120. The summed E-state index contributed by atoms with van der Waals surface area (Å²) in [7, 11) is 0. The molecule has 0 amide bonds. The third kappa shape index (κ3) is 3.31. The SMILES string of the molecule is CC1C(=O)C(C#N)=CC2c3nc(-c4ccncc4)nc(-c4ccc(CO)cc4)c3CCC12. The molecule has 2 aliphatic carbocycles. The summed E-state index contributed by atoms with van der Waals surface area (Å²) in [4.78, 5) is 26.6. The molecule has 1 aromatic carbocycles. The molecule has 0 fully saturated rings. The van der Waals surface area contributed by atoms with Crippen molar-refractivity contribution in [1.82, 2.24) is 15.0 Å². The van der Waals surface area contributed by atoms with Crippen LogP contribution in [0.3, 0.4) is 0 Å². The molecule has 2 aromatic heterocycles. The smallest absolute Gasteiger partial charge is 0.176 e. The van der Waals surface area contributed by atoms with E-state index in [4.69, 9.17) is 9.97 Å². The summed E-state index contributed by atoms with van der Waals surface area (Å²) >= 11 is 0.